The van der Waals surface area contributed by atoms with Gasteiger partial charge in [0.1, 0.15) is 21.3 Å². The highest BCUT2D eigenvalue weighted by atomic mass is 32.1. The Morgan fingerprint density at radius 3 is 2.65 bits per heavy atom. The van der Waals surface area contributed by atoms with Crippen molar-refractivity contribution in [3.05, 3.63) is 35.2 Å². The molecule has 0 spiro atoms. The van der Waals surface area contributed by atoms with Crippen LogP contribution in [0.15, 0.2) is 30.3 Å². The summed E-state index contributed by atoms with van der Waals surface area (Å²) in [4.78, 5) is 17.7. The van der Waals surface area contributed by atoms with Crippen LogP contribution < -0.4 is 27.3 Å². The lowest BCUT2D eigenvalue weighted by Crippen LogP contribution is -2.11. The van der Waals surface area contributed by atoms with E-state index in [9.17, 15) is 4.79 Å². The Kier molecular flexibility index (Phi) is 5.13. The Labute approximate surface area is 155 Å². The molecule has 2 heterocycles. The monoisotopic (exact) mass is 371 g/mol. The van der Waals surface area contributed by atoms with Crippen molar-refractivity contribution in [2.75, 3.05) is 29.1 Å². The fourth-order valence-corrected chi connectivity index (χ4v) is 3.38. The smallest absolute Gasteiger partial charge is 0.267 e. The number of thiophene rings is 1. The summed E-state index contributed by atoms with van der Waals surface area (Å²) in [7, 11) is 0. The van der Waals surface area contributed by atoms with E-state index in [1.54, 1.807) is 18.2 Å². The fourth-order valence-electron chi connectivity index (χ4n) is 2.40. The molecule has 1 aromatic carbocycles. The fraction of sp³-hybridized carbons (Fsp3) is 0.222. The number of hydrogen-bond acceptors (Lipinski definition) is 7. The minimum atomic E-state index is -0.303. The van der Waals surface area contributed by atoms with Crippen molar-refractivity contribution in [1.82, 2.24) is 4.98 Å². The molecule has 2 aromatic heterocycles. The van der Waals surface area contributed by atoms with Gasteiger partial charge < -0.3 is 27.3 Å². The number of nitrogen functional groups attached to an aromatic ring is 3. The van der Waals surface area contributed by atoms with Gasteiger partial charge in [0.05, 0.1) is 18.0 Å². The van der Waals surface area contributed by atoms with Crippen LogP contribution in [0.1, 0.15) is 29.4 Å². The van der Waals surface area contributed by atoms with Crippen LogP contribution in [0.5, 0.6) is 5.75 Å². The first kappa shape index (κ1) is 17.8. The lowest BCUT2D eigenvalue weighted by Gasteiger charge is -2.07. The number of aromatic nitrogens is 1. The van der Waals surface area contributed by atoms with E-state index in [4.69, 9.17) is 21.9 Å². The van der Waals surface area contributed by atoms with E-state index in [0.717, 1.165) is 18.6 Å². The zero-order chi connectivity index (χ0) is 18.7. The average Bonchev–Trinajstić information content (AvgIpc) is 2.93. The highest BCUT2D eigenvalue weighted by Gasteiger charge is 2.18. The highest BCUT2D eigenvalue weighted by Crippen LogP contribution is 2.35. The molecular formula is C18H21N5O2S. The molecule has 3 aromatic rings. The predicted molar refractivity (Wildman–Crippen MR) is 108 cm³/mol. The minimum Gasteiger partial charge on any atom is -0.494 e. The first-order chi connectivity index (χ1) is 12.5. The topological polar surface area (TPSA) is 129 Å². The standard InChI is InChI=1S/C18H21N5O2S/c1-2-3-8-25-11-6-4-10(5-7-11)22-17(24)15-14(20)12-9-13(19)16(21)23-18(12)26-15/h4-7,9H,2-3,8,19-20H2,1H3,(H2,21,23)(H,22,24). The lowest BCUT2D eigenvalue weighted by molar-refractivity contribution is 0.103. The number of pyridine rings is 1. The number of anilines is 4. The maximum Gasteiger partial charge on any atom is 0.267 e. The number of carbonyl (C=O) groups is 1. The second-order valence-electron chi connectivity index (χ2n) is 5.84. The summed E-state index contributed by atoms with van der Waals surface area (Å²) in [5.74, 6) is 0.694. The molecule has 0 saturated carbocycles. The highest BCUT2D eigenvalue weighted by molar-refractivity contribution is 7.21. The number of fused-ring (bicyclic) bond motifs is 1. The van der Waals surface area contributed by atoms with E-state index in [2.05, 4.69) is 17.2 Å². The van der Waals surface area contributed by atoms with Crippen molar-refractivity contribution < 1.29 is 9.53 Å². The predicted octanol–water partition coefficient (Wildman–Crippen LogP) is 3.47. The molecule has 1 amide bonds. The molecule has 3 rings (SSSR count). The normalized spacial score (nSPS) is 10.8. The second kappa shape index (κ2) is 7.49. The second-order valence-corrected chi connectivity index (χ2v) is 6.84. The SMILES string of the molecule is CCCCOc1ccc(NC(=O)c2sc3nc(N)c(N)cc3c2N)cc1. The Morgan fingerprint density at radius 2 is 1.96 bits per heavy atom. The van der Waals surface area contributed by atoms with Crippen LogP contribution in [-0.4, -0.2) is 17.5 Å². The first-order valence-electron chi connectivity index (χ1n) is 8.27. The Bertz CT molecular complexity index is 937. The summed E-state index contributed by atoms with van der Waals surface area (Å²) in [6.45, 7) is 2.79. The van der Waals surface area contributed by atoms with Crippen LogP contribution in [0.4, 0.5) is 22.9 Å². The molecular weight excluding hydrogens is 350 g/mol. The Morgan fingerprint density at radius 1 is 1.23 bits per heavy atom. The minimum absolute atomic E-state index is 0.226. The molecule has 0 aliphatic rings. The number of carbonyl (C=O) groups excluding carboxylic acids is 1. The molecule has 0 atom stereocenters. The van der Waals surface area contributed by atoms with E-state index >= 15 is 0 Å². The maximum absolute atomic E-state index is 12.6. The third-order valence-electron chi connectivity index (χ3n) is 3.87. The van der Waals surface area contributed by atoms with Crippen LogP contribution >= 0.6 is 11.3 Å². The first-order valence-corrected chi connectivity index (χ1v) is 9.09. The summed E-state index contributed by atoms with van der Waals surface area (Å²) in [6, 6.07) is 8.86. The summed E-state index contributed by atoms with van der Waals surface area (Å²) >= 11 is 1.18. The largest absolute Gasteiger partial charge is 0.494 e. The third-order valence-corrected chi connectivity index (χ3v) is 4.98. The van der Waals surface area contributed by atoms with Crippen molar-refractivity contribution in [3.63, 3.8) is 0 Å². The molecule has 0 aliphatic heterocycles. The number of nitrogens with one attached hydrogen (secondary N) is 1. The van der Waals surface area contributed by atoms with Gasteiger partial charge >= 0.3 is 0 Å². The molecule has 0 saturated heterocycles. The van der Waals surface area contributed by atoms with Crippen molar-refractivity contribution in [3.8, 4) is 5.75 Å². The number of hydrogen-bond donors (Lipinski definition) is 4. The molecule has 0 radical (unpaired) electrons. The van der Waals surface area contributed by atoms with E-state index < -0.39 is 0 Å². The number of nitrogens with two attached hydrogens (primary N) is 3. The number of benzene rings is 1. The molecule has 0 unspecified atom stereocenters. The van der Waals surface area contributed by atoms with Gasteiger partial charge in [-0.2, -0.15) is 0 Å². The Balaban J connectivity index is 1.75. The summed E-state index contributed by atoms with van der Waals surface area (Å²) in [6.07, 6.45) is 2.09. The molecule has 0 fully saturated rings. The summed E-state index contributed by atoms with van der Waals surface area (Å²) < 4.78 is 5.61. The maximum atomic E-state index is 12.6. The molecule has 0 aliphatic carbocycles. The molecule has 7 N–H and O–H groups in total. The van der Waals surface area contributed by atoms with Crippen LogP contribution in [0.25, 0.3) is 10.2 Å². The zero-order valence-corrected chi connectivity index (χ0v) is 15.2. The van der Waals surface area contributed by atoms with Crippen LogP contribution in [0.3, 0.4) is 0 Å². The Hall–Kier alpha value is -3.00. The van der Waals surface area contributed by atoms with Gasteiger partial charge in [0, 0.05) is 11.1 Å². The number of rotatable bonds is 6. The molecule has 7 nitrogen and oxygen atoms in total. The van der Waals surface area contributed by atoms with Gasteiger partial charge in [-0.3, -0.25) is 4.79 Å². The number of amides is 1. The van der Waals surface area contributed by atoms with Crippen LogP contribution in [0, 0.1) is 0 Å². The van der Waals surface area contributed by atoms with Gasteiger partial charge in [0.2, 0.25) is 0 Å². The zero-order valence-electron chi connectivity index (χ0n) is 14.4. The van der Waals surface area contributed by atoms with E-state index in [1.165, 1.54) is 11.3 Å². The van der Waals surface area contributed by atoms with Crippen LogP contribution in [-0.2, 0) is 0 Å². The number of nitrogens with zero attached hydrogens (tertiary/aromatic N) is 1. The van der Waals surface area contributed by atoms with E-state index in [-0.39, 0.29) is 11.7 Å². The van der Waals surface area contributed by atoms with Crippen LogP contribution in [0.2, 0.25) is 0 Å². The molecule has 0 bridgehead atoms. The van der Waals surface area contributed by atoms with Gasteiger partial charge in [-0.25, -0.2) is 4.98 Å². The number of ether oxygens (including phenoxy) is 1. The molecule has 26 heavy (non-hydrogen) atoms. The average molecular weight is 371 g/mol. The summed E-state index contributed by atoms with van der Waals surface area (Å²) in [5, 5.41) is 3.46. The van der Waals surface area contributed by atoms with Crippen molar-refractivity contribution >= 4 is 50.3 Å². The van der Waals surface area contributed by atoms with Crippen molar-refractivity contribution in [2.45, 2.75) is 19.8 Å². The van der Waals surface area contributed by atoms with E-state index in [1.807, 2.05) is 12.1 Å². The van der Waals surface area contributed by atoms with Gasteiger partial charge in [-0.05, 0) is 36.8 Å². The third kappa shape index (κ3) is 3.65. The lowest BCUT2D eigenvalue weighted by atomic mass is 10.2. The summed E-state index contributed by atoms with van der Waals surface area (Å²) in [5.41, 5.74) is 18.9. The van der Waals surface area contributed by atoms with Crippen molar-refractivity contribution in [1.29, 1.82) is 0 Å². The van der Waals surface area contributed by atoms with Gasteiger partial charge in [-0.1, -0.05) is 13.3 Å². The van der Waals surface area contributed by atoms with Gasteiger partial charge in [-0.15, -0.1) is 11.3 Å². The number of unbranched alkanes of at least 4 members (excludes halogenated alkanes) is 1. The van der Waals surface area contributed by atoms with Gasteiger partial charge in [0.25, 0.3) is 5.91 Å². The van der Waals surface area contributed by atoms with Gasteiger partial charge in [0.15, 0.2) is 0 Å². The van der Waals surface area contributed by atoms with E-state index in [0.29, 0.717) is 38.8 Å². The quantitative estimate of drug-likeness (QED) is 0.491. The molecule has 8 heteroatoms. The van der Waals surface area contributed by atoms with Crippen molar-refractivity contribution in [2.24, 2.45) is 0 Å². The molecule has 136 valence electrons.